The zero-order valence-corrected chi connectivity index (χ0v) is 13.8. The van der Waals surface area contributed by atoms with E-state index in [1.165, 1.54) is 13.3 Å². The van der Waals surface area contributed by atoms with Gasteiger partial charge in [-0.1, -0.05) is 29.8 Å². The Bertz CT molecular complexity index is 741. The molecular formula is C14H17ClN4O2S. The van der Waals surface area contributed by atoms with E-state index in [2.05, 4.69) is 5.10 Å². The summed E-state index contributed by atoms with van der Waals surface area (Å²) in [5.41, 5.74) is 1.33. The highest BCUT2D eigenvalue weighted by atomic mass is 35.5. The van der Waals surface area contributed by atoms with Crippen LogP contribution in [0.25, 0.3) is 0 Å². The topological polar surface area (TPSA) is 58.4 Å². The van der Waals surface area contributed by atoms with Gasteiger partial charge >= 0.3 is 10.2 Å². The predicted octanol–water partition coefficient (Wildman–Crippen LogP) is 2.03. The fourth-order valence-electron chi connectivity index (χ4n) is 2.54. The minimum absolute atomic E-state index is 0.228. The molecule has 0 unspecified atom stereocenters. The summed E-state index contributed by atoms with van der Waals surface area (Å²) in [6.45, 7) is 1.21. The first-order valence-electron chi connectivity index (χ1n) is 7.00. The van der Waals surface area contributed by atoms with Gasteiger partial charge in [-0.25, -0.2) is 0 Å². The Balaban J connectivity index is 1.86. The number of para-hydroxylation sites is 1. The van der Waals surface area contributed by atoms with Gasteiger partial charge in [0.1, 0.15) is 5.15 Å². The van der Waals surface area contributed by atoms with Crippen molar-refractivity contribution in [3.05, 3.63) is 47.2 Å². The van der Waals surface area contributed by atoms with Gasteiger partial charge in [-0.3, -0.25) is 8.99 Å². The molecule has 8 heteroatoms. The molecule has 0 radical (unpaired) electrons. The monoisotopic (exact) mass is 340 g/mol. The maximum absolute atomic E-state index is 12.8. The molecule has 0 spiro atoms. The van der Waals surface area contributed by atoms with Gasteiger partial charge in [-0.15, -0.1) is 0 Å². The molecule has 1 aliphatic rings. The molecule has 2 aromatic rings. The summed E-state index contributed by atoms with van der Waals surface area (Å²) >= 11 is 5.96. The van der Waals surface area contributed by atoms with Crippen LogP contribution >= 0.6 is 11.6 Å². The number of nitrogens with zero attached hydrogens (tertiary/aromatic N) is 4. The van der Waals surface area contributed by atoms with Gasteiger partial charge in [0.25, 0.3) is 0 Å². The number of aryl methyl sites for hydroxylation is 1. The highest BCUT2D eigenvalue weighted by Gasteiger charge is 2.34. The van der Waals surface area contributed by atoms with E-state index in [1.54, 1.807) is 25.2 Å². The first-order chi connectivity index (χ1) is 10.5. The van der Waals surface area contributed by atoms with E-state index >= 15 is 0 Å². The van der Waals surface area contributed by atoms with Crippen molar-refractivity contribution in [1.82, 2.24) is 14.1 Å². The summed E-state index contributed by atoms with van der Waals surface area (Å²) < 4.78 is 30.0. The lowest BCUT2D eigenvalue weighted by Gasteiger charge is -2.35. The van der Waals surface area contributed by atoms with Gasteiger partial charge in [-0.05, 0) is 24.6 Å². The van der Waals surface area contributed by atoms with E-state index in [1.807, 2.05) is 18.2 Å². The lowest BCUT2D eigenvalue weighted by atomic mass is 10.3. The number of hydrogen-bond donors (Lipinski definition) is 0. The average molecular weight is 341 g/mol. The third-order valence-corrected chi connectivity index (χ3v) is 5.90. The number of benzene rings is 1. The summed E-state index contributed by atoms with van der Waals surface area (Å²) in [7, 11) is -1.82. The van der Waals surface area contributed by atoms with E-state index < -0.39 is 10.2 Å². The smallest absolute Gasteiger partial charge is 0.258 e. The minimum atomic E-state index is -3.54. The van der Waals surface area contributed by atoms with Crippen molar-refractivity contribution in [3.8, 4) is 0 Å². The molecule has 3 rings (SSSR count). The van der Waals surface area contributed by atoms with Crippen molar-refractivity contribution in [2.24, 2.45) is 7.05 Å². The lowest BCUT2D eigenvalue weighted by molar-refractivity contribution is 0.376. The summed E-state index contributed by atoms with van der Waals surface area (Å²) in [5.74, 6) is 0. The largest absolute Gasteiger partial charge is 0.304 e. The lowest BCUT2D eigenvalue weighted by Crippen LogP contribution is -2.49. The molecule has 118 valence electrons. The molecule has 1 saturated heterocycles. The van der Waals surface area contributed by atoms with Crippen LogP contribution in [0.5, 0.6) is 0 Å². The molecule has 1 aromatic heterocycles. The highest BCUT2D eigenvalue weighted by Crippen LogP contribution is 2.25. The highest BCUT2D eigenvalue weighted by molar-refractivity contribution is 7.90. The van der Waals surface area contributed by atoms with E-state index in [0.29, 0.717) is 29.6 Å². The average Bonchev–Trinajstić information content (AvgIpc) is 2.80. The first kappa shape index (κ1) is 15.3. The summed E-state index contributed by atoms with van der Waals surface area (Å²) in [4.78, 5) is 0. The Morgan fingerprint density at radius 1 is 1.23 bits per heavy atom. The summed E-state index contributed by atoms with van der Waals surface area (Å²) in [6.07, 6.45) is 0.773. The first-order valence-corrected chi connectivity index (χ1v) is 8.77. The number of anilines is 1. The fraction of sp³-hybridized carbons (Fsp3) is 0.357. The third kappa shape index (κ3) is 2.84. The molecule has 6 nitrogen and oxygen atoms in total. The molecule has 1 aliphatic heterocycles. The van der Waals surface area contributed by atoms with Crippen LogP contribution in [-0.4, -0.2) is 35.6 Å². The standard InChI is InChI=1S/C14H17ClN4O2S/c1-17-14(15)10-12(16-17)11-18-8-5-9-19(22(18,20)21)13-6-3-2-4-7-13/h2-4,6-7,10H,5,8-9,11H2,1H3. The van der Waals surface area contributed by atoms with Crippen LogP contribution in [0.1, 0.15) is 12.1 Å². The SMILES string of the molecule is Cn1nc(CN2CCCN(c3ccccc3)S2(=O)=O)cc1Cl. The Morgan fingerprint density at radius 3 is 2.59 bits per heavy atom. The van der Waals surface area contributed by atoms with Crippen LogP contribution in [-0.2, 0) is 23.8 Å². The fourth-order valence-corrected chi connectivity index (χ4v) is 4.38. The molecule has 0 amide bonds. The maximum Gasteiger partial charge on any atom is 0.304 e. The molecule has 22 heavy (non-hydrogen) atoms. The van der Waals surface area contributed by atoms with Crippen molar-refractivity contribution < 1.29 is 8.42 Å². The zero-order valence-electron chi connectivity index (χ0n) is 12.2. The van der Waals surface area contributed by atoms with E-state index in [0.717, 1.165) is 6.42 Å². The van der Waals surface area contributed by atoms with Crippen LogP contribution in [0.3, 0.4) is 0 Å². The van der Waals surface area contributed by atoms with Crippen LogP contribution in [0, 0.1) is 0 Å². The van der Waals surface area contributed by atoms with Gasteiger partial charge in [0.05, 0.1) is 17.9 Å². The van der Waals surface area contributed by atoms with Crippen LogP contribution < -0.4 is 4.31 Å². The van der Waals surface area contributed by atoms with Crippen molar-refractivity contribution in [2.45, 2.75) is 13.0 Å². The molecule has 0 bridgehead atoms. The Kier molecular flexibility index (Phi) is 4.12. The van der Waals surface area contributed by atoms with Crippen LogP contribution in [0.4, 0.5) is 5.69 Å². The molecule has 0 saturated carbocycles. The number of rotatable bonds is 3. The summed E-state index contributed by atoms with van der Waals surface area (Å²) in [6, 6.07) is 10.8. The second-order valence-electron chi connectivity index (χ2n) is 5.18. The van der Waals surface area contributed by atoms with E-state index in [-0.39, 0.29) is 6.54 Å². The van der Waals surface area contributed by atoms with Crippen LogP contribution in [0.15, 0.2) is 36.4 Å². The normalized spacial score (nSPS) is 18.5. The Morgan fingerprint density at radius 2 is 1.95 bits per heavy atom. The molecule has 2 heterocycles. The zero-order chi connectivity index (χ0) is 15.7. The summed E-state index contributed by atoms with van der Waals surface area (Å²) in [5, 5.41) is 4.72. The van der Waals surface area contributed by atoms with E-state index in [9.17, 15) is 8.42 Å². The Hall–Kier alpha value is -1.57. The molecule has 0 aliphatic carbocycles. The van der Waals surface area contributed by atoms with E-state index in [4.69, 9.17) is 11.6 Å². The number of aromatic nitrogens is 2. The Labute approximate surface area is 135 Å². The third-order valence-electron chi connectivity index (χ3n) is 3.63. The molecule has 0 atom stereocenters. The quantitative estimate of drug-likeness (QED) is 0.859. The van der Waals surface area contributed by atoms with Crippen LogP contribution in [0.2, 0.25) is 5.15 Å². The van der Waals surface area contributed by atoms with Gasteiger partial charge in [-0.2, -0.15) is 17.8 Å². The van der Waals surface area contributed by atoms with Gasteiger partial charge < -0.3 is 0 Å². The second-order valence-corrected chi connectivity index (χ2v) is 7.42. The van der Waals surface area contributed by atoms with Gasteiger partial charge in [0, 0.05) is 20.1 Å². The second kappa shape index (κ2) is 5.91. The van der Waals surface area contributed by atoms with Crippen molar-refractivity contribution in [2.75, 3.05) is 17.4 Å². The van der Waals surface area contributed by atoms with Crippen molar-refractivity contribution in [1.29, 1.82) is 0 Å². The van der Waals surface area contributed by atoms with Crippen molar-refractivity contribution in [3.63, 3.8) is 0 Å². The number of hydrogen-bond acceptors (Lipinski definition) is 3. The van der Waals surface area contributed by atoms with Gasteiger partial charge in [0.2, 0.25) is 0 Å². The minimum Gasteiger partial charge on any atom is -0.258 e. The molecule has 1 fully saturated rings. The molecule has 1 aromatic carbocycles. The maximum atomic E-state index is 12.8. The number of halogens is 1. The molecular weight excluding hydrogens is 324 g/mol. The van der Waals surface area contributed by atoms with Crippen molar-refractivity contribution >= 4 is 27.5 Å². The molecule has 0 N–H and O–H groups in total. The predicted molar refractivity (Wildman–Crippen MR) is 86.0 cm³/mol. The van der Waals surface area contributed by atoms with Gasteiger partial charge in [0.15, 0.2) is 0 Å².